The van der Waals surface area contributed by atoms with Gasteiger partial charge in [-0.15, -0.1) is 0 Å². The number of rotatable bonds is 2. The molecule has 114 valence electrons. The van der Waals surface area contributed by atoms with E-state index in [9.17, 15) is 9.59 Å². The number of likely N-dealkylation sites (tertiary alicyclic amines) is 1. The molecule has 4 N–H and O–H groups in total. The van der Waals surface area contributed by atoms with Gasteiger partial charge in [0, 0.05) is 32.2 Å². The molecule has 8 heteroatoms. The summed E-state index contributed by atoms with van der Waals surface area (Å²) in [5, 5.41) is 9.53. The molecular formula is C13H20N6O2. The van der Waals surface area contributed by atoms with Crippen LogP contribution in [0.25, 0.3) is 0 Å². The number of nitrogen functional groups attached to an aromatic ring is 1. The fourth-order valence-corrected chi connectivity index (χ4v) is 2.97. The monoisotopic (exact) mass is 292 g/mol. The van der Waals surface area contributed by atoms with E-state index >= 15 is 0 Å². The summed E-state index contributed by atoms with van der Waals surface area (Å²) in [6.07, 6.45) is 1.59. The van der Waals surface area contributed by atoms with E-state index in [1.165, 1.54) is 0 Å². The van der Waals surface area contributed by atoms with Gasteiger partial charge < -0.3 is 20.9 Å². The van der Waals surface area contributed by atoms with Gasteiger partial charge in [-0.1, -0.05) is 0 Å². The molecule has 2 saturated heterocycles. The van der Waals surface area contributed by atoms with E-state index in [2.05, 4.69) is 15.5 Å². The predicted octanol–water partition coefficient (Wildman–Crippen LogP) is -0.0699. The van der Waals surface area contributed by atoms with Crippen LogP contribution in [-0.2, 0) is 0 Å². The first kappa shape index (κ1) is 13.7. The molecule has 3 rings (SSSR count). The lowest BCUT2D eigenvalue weighted by Gasteiger charge is -2.35. The first-order chi connectivity index (χ1) is 10.1. The van der Waals surface area contributed by atoms with Crippen molar-refractivity contribution in [3.8, 4) is 0 Å². The molecule has 1 aromatic rings. The van der Waals surface area contributed by atoms with Gasteiger partial charge in [-0.05, 0) is 19.8 Å². The average molecular weight is 292 g/mol. The van der Waals surface area contributed by atoms with Crippen LogP contribution in [0.5, 0.6) is 0 Å². The molecule has 3 amide bonds. The molecule has 3 heterocycles. The number of H-pyrrole nitrogens is 1. The third-order valence-electron chi connectivity index (χ3n) is 4.28. The van der Waals surface area contributed by atoms with E-state index in [0.717, 1.165) is 19.4 Å². The number of aromatic amines is 1. The number of urea groups is 1. The fourth-order valence-electron chi connectivity index (χ4n) is 2.97. The molecule has 1 aromatic heterocycles. The fraction of sp³-hybridized carbons (Fsp3) is 0.615. The Kier molecular flexibility index (Phi) is 3.44. The summed E-state index contributed by atoms with van der Waals surface area (Å²) in [4.78, 5) is 27.7. The summed E-state index contributed by atoms with van der Waals surface area (Å²) >= 11 is 0. The zero-order chi connectivity index (χ0) is 15.0. The number of aryl methyl sites for hydroxylation is 1. The molecule has 2 aliphatic rings. The van der Waals surface area contributed by atoms with Crippen molar-refractivity contribution in [3.63, 3.8) is 0 Å². The van der Waals surface area contributed by atoms with Crippen LogP contribution in [0.3, 0.4) is 0 Å². The Morgan fingerprint density at radius 1 is 1.33 bits per heavy atom. The predicted molar refractivity (Wildman–Crippen MR) is 76.8 cm³/mol. The van der Waals surface area contributed by atoms with Gasteiger partial charge in [-0.25, -0.2) is 4.79 Å². The van der Waals surface area contributed by atoms with Crippen LogP contribution >= 0.6 is 0 Å². The maximum Gasteiger partial charge on any atom is 0.317 e. The molecule has 0 bridgehead atoms. The molecule has 0 radical (unpaired) electrons. The summed E-state index contributed by atoms with van der Waals surface area (Å²) in [6.45, 7) is 4.50. The highest BCUT2D eigenvalue weighted by molar-refractivity contribution is 5.97. The minimum absolute atomic E-state index is 0.00643. The number of anilines is 1. The second-order valence-electron chi connectivity index (χ2n) is 5.56. The minimum atomic E-state index is -0.138. The third-order valence-corrected chi connectivity index (χ3v) is 4.28. The van der Waals surface area contributed by atoms with Crippen LogP contribution in [0.1, 0.15) is 29.0 Å². The highest BCUT2D eigenvalue weighted by Gasteiger charge is 2.33. The summed E-state index contributed by atoms with van der Waals surface area (Å²) in [7, 11) is 0. The third kappa shape index (κ3) is 2.41. The molecule has 0 aromatic carbocycles. The molecule has 0 aliphatic carbocycles. The van der Waals surface area contributed by atoms with Crippen LogP contribution in [0.15, 0.2) is 0 Å². The molecule has 2 fully saturated rings. The summed E-state index contributed by atoms with van der Waals surface area (Å²) in [5.74, 6) is -0.138. The Morgan fingerprint density at radius 3 is 2.57 bits per heavy atom. The highest BCUT2D eigenvalue weighted by Crippen LogP contribution is 2.21. The number of hydrogen-bond donors (Lipinski definition) is 3. The van der Waals surface area contributed by atoms with Crippen molar-refractivity contribution in [3.05, 3.63) is 11.4 Å². The molecular weight excluding hydrogens is 272 g/mol. The second-order valence-corrected chi connectivity index (χ2v) is 5.56. The van der Waals surface area contributed by atoms with Crippen molar-refractivity contribution in [2.75, 3.05) is 31.9 Å². The van der Waals surface area contributed by atoms with Crippen molar-refractivity contribution in [2.45, 2.75) is 25.8 Å². The Hall–Kier alpha value is -2.25. The van der Waals surface area contributed by atoms with Gasteiger partial charge in [-0.3, -0.25) is 9.89 Å². The van der Waals surface area contributed by atoms with Crippen LogP contribution in [0.4, 0.5) is 10.5 Å². The lowest BCUT2D eigenvalue weighted by molar-refractivity contribution is 0.0661. The second kappa shape index (κ2) is 5.27. The van der Waals surface area contributed by atoms with Crippen molar-refractivity contribution in [1.82, 2.24) is 25.3 Å². The topological polar surface area (TPSA) is 107 Å². The van der Waals surface area contributed by atoms with Crippen LogP contribution in [0.2, 0.25) is 0 Å². The van der Waals surface area contributed by atoms with E-state index in [1.54, 1.807) is 11.8 Å². The normalized spacial score (nSPS) is 20.0. The Bertz CT molecular complexity index is 561. The number of nitrogens with zero attached hydrogens (tertiary/aromatic N) is 3. The first-order valence-corrected chi connectivity index (χ1v) is 7.22. The summed E-state index contributed by atoms with van der Waals surface area (Å²) in [6, 6.07) is 0.224. The number of carbonyl (C=O) groups excluding carboxylic acids is 2. The molecule has 0 atom stereocenters. The minimum Gasteiger partial charge on any atom is -0.395 e. The van der Waals surface area contributed by atoms with E-state index < -0.39 is 0 Å². The first-order valence-electron chi connectivity index (χ1n) is 7.22. The van der Waals surface area contributed by atoms with Gasteiger partial charge in [0.1, 0.15) is 0 Å². The van der Waals surface area contributed by atoms with E-state index in [4.69, 9.17) is 5.73 Å². The van der Waals surface area contributed by atoms with Gasteiger partial charge in [-0.2, -0.15) is 5.10 Å². The smallest absolute Gasteiger partial charge is 0.317 e. The Balaban J connectivity index is 1.62. The SMILES string of the molecule is Cc1[nH]nc(C(=O)N2CCC(N3CCNC3=O)CC2)c1N. The van der Waals surface area contributed by atoms with E-state index in [-0.39, 0.29) is 18.0 Å². The van der Waals surface area contributed by atoms with Crippen LogP contribution in [-0.4, -0.2) is 64.2 Å². The lowest BCUT2D eigenvalue weighted by Crippen LogP contribution is -2.47. The van der Waals surface area contributed by atoms with Crippen molar-refractivity contribution in [2.24, 2.45) is 0 Å². The Labute approximate surface area is 122 Å². The van der Waals surface area contributed by atoms with Gasteiger partial charge in [0.2, 0.25) is 0 Å². The van der Waals surface area contributed by atoms with E-state index in [0.29, 0.717) is 36.7 Å². The Morgan fingerprint density at radius 2 is 2.05 bits per heavy atom. The number of piperidine rings is 1. The van der Waals surface area contributed by atoms with Gasteiger partial charge in [0.05, 0.1) is 11.4 Å². The molecule has 21 heavy (non-hydrogen) atoms. The molecule has 0 spiro atoms. The quantitative estimate of drug-likeness (QED) is 0.709. The highest BCUT2D eigenvalue weighted by atomic mass is 16.2. The zero-order valence-corrected chi connectivity index (χ0v) is 12.1. The number of aromatic nitrogens is 2. The van der Waals surface area contributed by atoms with Crippen LogP contribution in [0, 0.1) is 6.92 Å². The summed E-state index contributed by atoms with van der Waals surface area (Å²) in [5.41, 5.74) is 7.28. The zero-order valence-electron chi connectivity index (χ0n) is 12.1. The number of amides is 3. The molecule has 0 saturated carbocycles. The molecule has 2 aliphatic heterocycles. The number of nitrogens with one attached hydrogen (secondary N) is 2. The summed E-state index contributed by atoms with van der Waals surface area (Å²) < 4.78 is 0. The van der Waals surface area contributed by atoms with Gasteiger partial charge in [0.25, 0.3) is 5.91 Å². The average Bonchev–Trinajstić information content (AvgIpc) is 3.06. The molecule has 8 nitrogen and oxygen atoms in total. The standard InChI is InChI=1S/C13H20N6O2/c1-8-10(14)11(17-16-8)12(20)18-5-2-9(3-6-18)19-7-4-15-13(19)21/h9H,2-7,14H2,1H3,(H,15,21)(H,16,17). The van der Waals surface area contributed by atoms with Crippen molar-refractivity contribution >= 4 is 17.6 Å². The maximum atomic E-state index is 12.4. The van der Waals surface area contributed by atoms with Gasteiger partial charge >= 0.3 is 6.03 Å². The lowest BCUT2D eigenvalue weighted by atomic mass is 10.0. The van der Waals surface area contributed by atoms with Crippen molar-refractivity contribution < 1.29 is 9.59 Å². The number of carbonyl (C=O) groups is 2. The van der Waals surface area contributed by atoms with Crippen molar-refractivity contribution in [1.29, 1.82) is 0 Å². The van der Waals surface area contributed by atoms with Gasteiger partial charge in [0.15, 0.2) is 5.69 Å². The molecule has 0 unspecified atom stereocenters. The van der Waals surface area contributed by atoms with Crippen LogP contribution < -0.4 is 11.1 Å². The largest absolute Gasteiger partial charge is 0.395 e. The number of nitrogens with two attached hydrogens (primary N) is 1. The number of hydrogen-bond acceptors (Lipinski definition) is 4. The van der Waals surface area contributed by atoms with E-state index in [1.807, 2.05) is 4.90 Å². The maximum absolute atomic E-state index is 12.4.